The second-order valence-corrected chi connectivity index (χ2v) is 4.74. The molecule has 21 heavy (non-hydrogen) atoms. The lowest BCUT2D eigenvalue weighted by Gasteiger charge is -2.13. The number of hydrogen-bond acceptors (Lipinski definition) is 3. The first-order valence-corrected chi connectivity index (χ1v) is 6.47. The van der Waals surface area contributed by atoms with Crippen molar-refractivity contribution in [2.45, 2.75) is 12.5 Å². The van der Waals surface area contributed by atoms with E-state index in [-0.39, 0.29) is 6.42 Å². The maximum Gasteiger partial charge on any atom is 0.159 e. The molecule has 0 radical (unpaired) electrons. The van der Waals surface area contributed by atoms with Gasteiger partial charge in [-0.25, -0.2) is 8.78 Å². The summed E-state index contributed by atoms with van der Waals surface area (Å²) in [4.78, 5) is 8.39. The van der Waals surface area contributed by atoms with Crippen molar-refractivity contribution in [3.8, 4) is 0 Å². The molecule has 0 aliphatic carbocycles. The van der Waals surface area contributed by atoms with Crippen molar-refractivity contribution >= 4 is 11.0 Å². The lowest BCUT2D eigenvalue weighted by atomic mass is 10.00. The average Bonchev–Trinajstić information content (AvgIpc) is 2.50. The number of para-hydroxylation sites is 1. The van der Waals surface area contributed by atoms with Crippen molar-refractivity contribution in [1.29, 1.82) is 0 Å². The zero-order valence-electron chi connectivity index (χ0n) is 11.0. The van der Waals surface area contributed by atoms with Gasteiger partial charge in [0.1, 0.15) is 0 Å². The predicted octanol–water partition coefficient (Wildman–Crippen LogP) is 3.18. The highest BCUT2D eigenvalue weighted by Crippen LogP contribution is 2.24. The van der Waals surface area contributed by atoms with Crippen LogP contribution in [-0.4, -0.2) is 15.1 Å². The molecule has 0 amide bonds. The van der Waals surface area contributed by atoms with Crippen LogP contribution < -0.4 is 0 Å². The number of benzene rings is 2. The molecule has 3 nitrogen and oxygen atoms in total. The normalized spacial score (nSPS) is 12.5. The second-order valence-electron chi connectivity index (χ2n) is 4.74. The molecule has 0 saturated heterocycles. The Balaban J connectivity index is 1.93. The van der Waals surface area contributed by atoms with E-state index in [9.17, 15) is 13.9 Å². The number of aromatic nitrogens is 2. The smallest absolute Gasteiger partial charge is 0.159 e. The Morgan fingerprint density at radius 2 is 1.81 bits per heavy atom. The van der Waals surface area contributed by atoms with E-state index in [0.717, 1.165) is 12.1 Å². The lowest BCUT2D eigenvalue weighted by molar-refractivity contribution is 0.179. The zero-order valence-corrected chi connectivity index (χ0v) is 11.0. The topological polar surface area (TPSA) is 46.0 Å². The average molecular weight is 286 g/mol. The fraction of sp³-hybridized carbons (Fsp3) is 0.125. The highest BCUT2D eigenvalue weighted by molar-refractivity contribution is 5.77. The lowest BCUT2D eigenvalue weighted by Crippen LogP contribution is -2.04. The maximum atomic E-state index is 13.2. The number of aliphatic hydroxyl groups is 1. The molecule has 0 fully saturated rings. The van der Waals surface area contributed by atoms with E-state index in [4.69, 9.17) is 0 Å². The van der Waals surface area contributed by atoms with E-state index in [2.05, 4.69) is 9.97 Å². The number of hydrogen-bond donors (Lipinski definition) is 1. The van der Waals surface area contributed by atoms with Crippen LogP contribution in [0.25, 0.3) is 11.0 Å². The largest absolute Gasteiger partial charge is 0.388 e. The van der Waals surface area contributed by atoms with Crippen LogP contribution in [-0.2, 0) is 6.42 Å². The molecule has 1 atom stereocenters. The fourth-order valence-electron chi connectivity index (χ4n) is 2.28. The number of aliphatic hydroxyl groups excluding tert-OH is 1. The summed E-state index contributed by atoms with van der Waals surface area (Å²) in [5.74, 6) is -1.82. The summed E-state index contributed by atoms with van der Waals surface area (Å²) in [5, 5.41) is 10.3. The van der Waals surface area contributed by atoms with Gasteiger partial charge in [0.15, 0.2) is 11.6 Å². The summed E-state index contributed by atoms with van der Waals surface area (Å²) in [6.07, 6.45) is 2.44. The molecule has 0 aliphatic heterocycles. The molecule has 3 rings (SSSR count). The van der Waals surface area contributed by atoms with Crippen molar-refractivity contribution in [3.63, 3.8) is 0 Å². The summed E-state index contributed by atoms with van der Waals surface area (Å²) in [6, 6.07) is 8.94. The standard InChI is InChI=1S/C16H12F2N2O/c17-12-5-4-10(8-13(12)18)9-15(21)11-2-1-3-14-16(11)20-7-6-19-14/h1-8,15,21H,9H2. The highest BCUT2D eigenvalue weighted by atomic mass is 19.2. The summed E-state index contributed by atoms with van der Waals surface area (Å²) < 4.78 is 26.1. The van der Waals surface area contributed by atoms with Crippen molar-refractivity contribution in [1.82, 2.24) is 9.97 Å². The van der Waals surface area contributed by atoms with E-state index >= 15 is 0 Å². The van der Waals surface area contributed by atoms with Crippen LogP contribution >= 0.6 is 0 Å². The van der Waals surface area contributed by atoms with Crippen molar-refractivity contribution in [3.05, 3.63) is 71.6 Å². The zero-order chi connectivity index (χ0) is 14.8. The summed E-state index contributed by atoms with van der Waals surface area (Å²) in [6.45, 7) is 0. The quantitative estimate of drug-likeness (QED) is 0.804. The molecule has 1 N–H and O–H groups in total. The van der Waals surface area contributed by atoms with Crippen LogP contribution in [0.2, 0.25) is 0 Å². The van der Waals surface area contributed by atoms with Gasteiger partial charge in [0.05, 0.1) is 17.1 Å². The molecule has 0 aliphatic rings. The van der Waals surface area contributed by atoms with Crippen LogP contribution in [0.3, 0.4) is 0 Å². The van der Waals surface area contributed by atoms with E-state index in [1.165, 1.54) is 6.07 Å². The molecule has 2 aromatic carbocycles. The fourth-order valence-corrected chi connectivity index (χ4v) is 2.28. The molecule has 106 valence electrons. The van der Waals surface area contributed by atoms with Gasteiger partial charge < -0.3 is 5.11 Å². The van der Waals surface area contributed by atoms with Gasteiger partial charge in [-0.3, -0.25) is 9.97 Å². The molecule has 0 spiro atoms. The van der Waals surface area contributed by atoms with Gasteiger partial charge in [-0.05, 0) is 23.8 Å². The molecule has 3 aromatic rings. The first kappa shape index (κ1) is 13.6. The highest BCUT2D eigenvalue weighted by Gasteiger charge is 2.14. The monoisotopic (exact) mass is 286 g/mol. The second kappa shape index (κ2) is 5.54. The van der Waals surface area contributed by atoms with Gasteiger partial charge in [-0.15, -0.1) is 0 Å². The third-order valence-electron chi connectivity index (χ3n) is 3.30. The molecule has 5 heteroatoms. The number of fused-ring (bicyclic) bond motifs is 1. The predicted molar refractivity (Wildman–Crippen MR) is 74.6 cm³/mol. The third-order valence-corrected chi connectivity index (χ3v) is 3.30. The van der Waals surface area contributed by atoms with Crippen LogP contribution in [0.5, 0.6) is 0 Å². The number of halogens is 2. The molecular formula is C16H12F2N2O. The summed E-state index contributed by atoms with van der Waals surface area (Å²) in [5.41, 5.74) is 2.42. The van der Waals surface area contributed by atoms with Crippen molar-refractivity contribution < 1.29 is 13.9 Å². The van der Waals surface area contributed by atoms with Gasteiger partial charge >= 0.3 is 0 Å². The van der Waals surface area contributed by atoms with Gasteiger partial charge in [0, 0.05) is 24.4 Å². The molecule has 1 heterocycles. The molecule has 0 bridgehead atoms. The maximum absolute atomic E-state index is 13.2. The van der Waals surface area contributed by atoms with Gasteiger partial charge in [0.25, 0.3) is 0 Å². The van der Waals surface area contributed by atoms with Gasteiger partial charge in [-0.1, -0.05) is 18.2 Å². The van der Waals surface area contributed by atoms with Crippen molar-refractivity contribution in [2.75, 3.05) is 0 Å². The van der Waals surface area contributed by atoms with E-state index in [1.54, 1.807) is 30.6 Å². The Kier molecular flexibility index (Phi) is 3.58. The van der Waals surface area contributed by atoms with Crippen LogP contribution in [0, 0.1) is 11.6 Å². The Labute approximate surface area is 119 Å². The molecule has 1 unspecified atom stereocenters. The van der Waals surface area contributed by atoms with Crippen LogP contribution in [0.15, 0.2) is 48.8 Å². The summed E-state index contributed by atoms with van der Waals surface area (Å²) >= 11 is 0. The SMILES string of the molecule is OC(Cc1ccc(F)c(F)c1)c1cccc2nccnc12. The molecular weight excluding hydrogens is 274 g/mol. The minimum absolute atomic E-state index is 0.173. The number of nitrogens with zero attached hydrogens (tertiary/aromatic N) is 2. The van der Waals surface area contributed by atoms with Gasteiger partial charge in [0.2, 0.25) is 0 Å². The first-order valence-electron chi connectivity index (χ1n) is 6.47. The van der Waals surface area contributed by atoms with E-state index in [0.29, 0.717) is 22.2 Å². The molecule has 1 aromatic heterocycles. The minimum Gasteiger partial charge on any atom is -0.388 e. The number of rotatable bonds is 3. The first-order chi connectivity index (χ1) is 10.1. The third kappa shape index (κ3) is 2.73. The van der Waals surface area contributed by atoms with Crippen LogP contribution in [0.4, 0.5) is 8.78 Å². The van der Waals surface area contributed by atoms with E-state index < -0.39 is 17.7 Å². The molecule has 0 saturated carbocycles. The van der Waals surface area contributed by atoms with Crippen LogP contribution in [0.1, 0.15) is 17.2 Å². The minimum atomic E-state index is -0.919. The van der Waals surface area contributed by atoms with Crippen molar-refractivity contribution in [2.24, 2.45) is 0 Å². The van der Waals surface area contributed by atoms with Gasteiger partial charge in [-0.2, -0.15) is 0 Å². The Hall–Kier alpha value is -2.40. The Morgan fingerprint density at radius 1 is 1.00 bits per heavy atom. The van der Waals surface area contributed by atoms with E-state index in [1.807, 2.05) is 0 Å². The Morgan fingerprint density at radius 3 is 2.62 bits per heavy atom. The summed E-state index contributed by atoms with van der Waals surface area (Å²) in [7, 11) is 0. The Bertz CT molecular complexity index is 787.